The summed E-state index contributed by atoms with van der Waals surface area (Å²) in [5, 5.41) is 2.98. The third-order valence-electron chi connectivity index (χ3n) is 14.5. The summed E-state index contributed by atoms with van der Waals surface area (Å²) in [5.41, 5.74) is 0.987. The van der Waals surface area contributed by atoms with Crippen LogP contribution in [0.2, 0.25) is 0 Å². The minimum absolute atomic E-state index is 0.0702. The maximum atomic E-state index is 11.3. The highest BCUT2D eigenvalue weighted by Gasteiger charge is 2.31. The van der Waals surface area contributed by atoms with Crippen LogP contribution in [0.5, 0.6) is 0 Å². The molecule has 668 valence electrons. The molecule has 0 heterocycles. The molecule has 0 saturated heterocycles. The van der Waals surface area contributed by atoms with Crippen molar-refractivity contribution in [2.24, 2.45) is 32.5 Å². The van der Waals surface area contributed by atoms with Crippen LogP contribution in [0, 0.1) is 32.5 Å². The number of carbonyl (C=O) groups excluding carboxylic acids is 16. The first-order valence-electron chi connectivity index (χ1n) is 34.6. The van der Waals surface area contributed by atoms with Crippen LogP contribution in [0.3, 0.4) is 0 Å². The Hall–Kier alpha value is -4.40. The summed E-state index contributed by atoms with van der Waals surface area (Å²) in [6, 6.07) is 0. The average Bonchev–Trinajstić information content (AvgIpc) is 0.872. The Labute approximate surface area is 753 Å². The summed E-state index contributed by atoms with van der Waals surface area (Å²) >= 11 is 25.9. The Morgan fingerprint density at radius 1 is 0.263 bits per heavy atom. The van der Waals surface area contributed by atoms with Gasteiger partial charge in [-0.25, -0.2) is 28.8 Å². The van der Waals surface area contributed by atoms with E-state index in [0.717, 1.165) is 21.3 Å². The molecule has 114 heavy (non-hydrogen) atoms. The fourth-order valence-corrected chi connectivity index (χ4v) is 6.86. The molecular formula is C83H142Br8O23. The highest BCUT2D eigenvalue weighted by molar-refractivity contribution is 9.11. The van der Waals surface area contributed by atoms with E-state index >= 15 is 0 Å². The number of esters is 7. The number of halogens is 8. The number of alkyl halides is 8. The second-order valence-electron chi connectivity index (χ2n) is 29.6. The van der Waals surface area contributed by atoms with Crippen molar-refractivity contribution in [3.05, 3.63) is 72.9 Å². The van der Waals surface area contributed by atoms with E-state index in [1.165, 1.54) is 56.7 Å². The summed E-state index contributed by atoms with van der Waals surface area (Å²) in [6.45, 7) is 74.3. The predicted octanol–water partition coefficient (Wildman–Crippen LogP) is 20.6. The fraction of sp³-hybridized carbons (Fsp3) is 0.663. The van der Waals surface area contributed by atoms with Crippen LogP contribution < -0.4 is 0 Å². The summed E-state index contributed by atoms with van der Waals surface area (Å²) in [4.78, 5) is 169. The largest absolute Gasteiger partial charge is 0.468 e. The standard InChI is InChI=1S/C10H17BrO2.C9H15BrO3.4C6H11BrO.2C5H9BrO.6C5H8O2/c1-5-9(13)8(11)6-10(3,4)7(2)12;1-6(11)9(2,3)5-7(10)8(12)13-4;4*1-5(8)6(2,3)4-7;2*1-4(7)5(2,3)6;6*1-4(2)5(6)7-3/h8H,5-6H2,1-4H3;7H,5H2,1-4H3;4*4H2,1-3H3;2*1-3H3;6*1H2,2-3H3. The van der Waals surface area contributed by atoms with Gasteiger partial charge in [-0.2, -0.15) is 0 Å². The van der Waals surface area contributed by atoms with E-state index in [-0.39, 0.29) is 129 Å². The quantitative estimate of drug-likeness (QED) is 0.0355. The van der Waals surface area contributed by atoms with E-state index in [1.54, 1.807) is 90.0 Å². The molecule has 0 spiro atoms. The van der Waals surface area contributed by atoms with Crippen molar-refractivity contribution in [2.75, 3.05) is 71.1 Å². The molecule has 0 aliphatic heterocycles. The van der Waals surface area contributed by atoms with Gasteiger partial charge in [0, 0.05) is 93.7 Å². The Kier molecular flexibility index (Phi) is 92.9. The van der Waals surface area contributed by atoms with Crippen LogP contribution in [0.1, 0.15) is 234 Å². The highest BCUT2D eigenvalue weighted by Crippen LogP contribution is 2.29. The van der Waals surface area contributed by atoms with E-state index in [2.05, 4.69) is 200 Å². The van der Waals surface area contributed by atoms with Gasteiger partial charge in [-0.3, -0.25) is 47.9 Å². The van der Waals surface area contributed by atoms with Crippen molar-refractivity contribution >= 4 is 221 Å². The molecule has 0 fully saturated rings. The maximum Gasteiger partial charge on any atom is 0.332 e. The maximum absolute atomic E-state index is 11.3. The lowest BCUT2D eigenvalue weighted by Gasteiger charge is -2.23. The monoisotopic (exact) mass is 2140 g/mol. The molecule has 0 aromatic rings. The lowest BCUT2D eigenvalue weighted by Crippen LogP contribution is -2.29. The van der Waals surface area contributed by atoms with E-state index in [4.69, 9.17) is 0 Å². The first-order chi connectivity index (χ1) is 50.6. The third kappa shape index (κ3) is 94.7. The van der Waals surface area contributed by atoms with Crippen LogP contribution in [0.25, 0.3) is 0 Å². The van der Waals surface area contributed by atoms with Gasteiger partial charge in [0.1, 0.15) is 56.9 Å². The molecular weight excluding hydrogens is 2000 g/mol. The summed E-state index contributed by atoms with van der Waals surface area (Å²) in [5.74, 6) is -0.821. The fourth-order valence-electron chi connectivity index (χ4n) is 3.15. The SMILES string of the molecule is C=C(C)C(=O)OC.C=C(C)C(=O)OC.C=C(C)C(=O)OC.C=C(C)C(=O)OC.C=C(C)C(=O)OC.C=C(C)C(=O)OC.CC(=O)C(C)(C)Br.CC(=O)C(C)(C)Br.CC(=O)C(C)(C)CBr.CC(=O)C(C)(C)CBr.CC(=O)C(C)(C)CBr.CC(=O)C(C)(C)CBr.CCC(=O)C(Br)CC(C)(C)C(C)=O.COC(=O)C(Br)CC(C)(C)C(C)=O. The molecule has 31 heteroatoms. The number of hydrogen-bond donors (Lipinski definition) is 0. The molecule has 0 radical (unpaired) electrons. The zero-order valence-electron chi connectivity index (χ0n) is 75.8. The van der Waals surface area contributed by atoms with Gasteiger partial charge >= 0.3 is 41.8 Å². The summed E-state index contributed by atoms with van der Waals surface area (Å²) < 4.78 is 29.5. The van der Waals surface area contributed by atoms with Gasteiger partial charge in [0.05, 0.1) is 63.2 Å². The summed E-state index contributed by atoms with van der Waals surface area (Å²) in [7, 11) is 9.31. The van der Waals surface area contributed by atoms with E-state index in [1.807, 2.05) is 118 Å². The van der Waals surface area contributed by atoms with Gasteiger partial charge in [0.15, 0.2) is 0 Å². The molecule has 2 unspecified atom stereocenters. The Morgan fingerprint density at radius 3 is 0.456 bits per heavy atom. The molecule has 0 aliphatic rings. The van der Waals surface area contributed by atoms with E-state index in [9.17, 15) is 76.7 Å². The van der Waals surface area contributed by atoms with Gasteiger partial charge in [-0.05, 0) is 137 Å². The molecule has 0 aliphatic carbocycles. The zero-order chi connectivity index (χ0) is 95.8. The van der Waals surface area contributed by atoms with Crippen molar-refractivity contribution < 1.29 is 110 Å². The van der Waals surface area contributed by atoms with Crippen molar-refractivity contribution in [1.82, 2.24) is 0 Å². The molecule has 0 rings (SSSR count). The van der Waals surface area contributed by atoms with Crippen molar-refractivity contribution in [3.8, 4) is 0 Å². The summed E-state index contributed by atoms with van der Waals surface area (Å²) in [6.07, 6.45) is 1.55. The average molecular weight is 2150 g/mol. The number of rotatable bonds is 25. The lowest BCUT2D eigenvalue weighted by atomic mass is 9.83. The number of ether oxygens (including phenoxy) is 7. The minimum atomic E-state index is -0.484. The first-order valence-corrected chi connectivity index (χ1v) is 42.5. The second kappa shape index (κ2) is 74.9. The molecule has 2 atom stereocenters. The van der Waals surface area contributed by atoms with Crippen LogP contribution in [-0.2, 0) is 110 Å². The molecule has 0 N–H and O–H groups in total. The molecule has 0 amide bonds. The number of methoxy groups -OCH3 is 7. The Balaban J connectivity index is -0.0000000792. The molecule has 23 nitrogen and oxygen atoms in total. The van der Waals surface area contributed by atoms with Crippen LogP contribution in [0.15, 0.2) is 72.9 Å². The topological polar surface area (TPSA) is 338 Å². The second-order valence-corrected chi connectivity index (χ2v) is 38.0. The van der Waals surface area contributed by atoms with Crippen LogP contribution >= 0.6 is 127 Å². The molecule has 0 saturated carbocycles. The first kappa shape index (κ1) is 141. The van der Waals surface area contributed by atoms with Crippen molar-refractivity contribution in [2.45, 2.75) is 252 Å². The van der Waals surface area contributed by atoms with E-state index < -0.39 is 15.7 Å². The van der Waals surface area contributed by atoms with Gasteiger partial charge in [0.25, 0.3) is 0 Å². The van der Waals surface area contributed by atoms with Gasteiger partial charge in [0.2, 0.25) is 0 Å². The Morgan fingerprint density at radius 2 is 0.395 bits per heavy atom. The molecule has 0 aromatic heterocycles. The Bertz CT molecular complexity index is 2670. The van der Waals surface area contributed by atoms with Crippen molar-refractivity contribution in [1.29, 1.82) is 0 Å². The number of carbonyl (C=O) groups is 16. The number of ketones is 9. The zero-order valence-corrected chi connectivity index (χ0v) is 88.4. The predicted molar refractivity (Wildman–Crippen MR) is 492 cm³/mol. The smallest absolute Gasteiger partial charge is 0.332 e. The van der Waals surface area contributed by atoms with Crippen LogP contribution in [-0.4, -0.2) is 183 Å². The molecule has 0 bridgehead atoms. The van der Waals surface area contributed by atoms with Gasteiger partial charge in [-0.1, -0.05) is 257 Å². The van der Waals surface area contributed by atoms with Crippen molar-refractivity contribution in [3.63, 3.8) is 0 Å². The van der Waals surface area contributed by atoms with Gasteiger partial charge in [-0.15, -0.1) is 0 Å². The highest BCUT2D eigenvalue weighted by atomic mass is 79.9. The third-order valence-corrected chi connectivity index (χ3v) is 22.7. The van der Waals surface area contributed by atoms with E-state index in [0.29, 0.717) is 52.7 Å². The number of Topliss-reactive ketones (excluding diaryl/α,β-unsaturated/α-hetero) is 9. The van der Waals surface area contributed by atoms with Crippen LogP contribution in [0.4, 0.5) is 0 Å². The number of hydrogen-bond acceptors (Lipinski definition) is 23. The molecule has 0 aromatic carbocycles. The normalized spacial score (nSPS) is 10.6. The van der Waals surface area contributed by atoms with Gasteiger partial charge < -0.3 is 33.2 Å². The minimum Gasteiger partial charge on any atom is -0.468 e. The lowest BCUT2D eigenvalue weighted by molar-refractivity contribution is -0.141.